The highest BCUT2D eigenvalue weighted by Crippen LogP contribution is 2.30. The Hall–Kier alpha value is -2.96. The van der Waals surface area contributed by atoms with Crippen LogP contribution in [0.15, 0.2) is 36.4 Å². The zero-order chi connectivity index (χ0) is 15.4. The Kier molecular flexibility index (Phi) is 4.13. The number of non-ortho nitro benzene ring substituents is 1. The number of nitrogens with one attached hydrogen (secondary N) is 1. The van der Waals surface area contributed by atoms with E-state index in [9.17, 15) is 10.1 Å². The summed E-state index contributed by atoms with van der Waals surface area (Å²) < 4.78 is 10.3. The molecule has 0 aliphatic rings. The molecule has 2 aromatic rings. The van der Waals surface area contributed by atoms with E-state index in [-0.39, 0.29) is 5.69 Å². The number of ether oxygens (including phenoxy) is 2. The number of methoxy groups -OCH3 is 2. The summed E-state index contributed by atoms with van der Waals surface area (Å²) >= 11 is 0. The average molecular weight is 289 g/mol. The number of hydrogen-bond donors (Lipinski definition) is 2. The van der Waals surface area contributed by atoms with Gasteiger partial charge < -0.3 is 20.5 Å². The van der Waals surface area contributed by atoms with Crippen LogP contribution in [0.3, 0.4) is 0 Å². The summed E-state index contributed by atoms with van der Waals surface area (Å²) in [7, 11) is 3.09. The van der Waals surface area contributed by atoms with Crippen LogP contribution in [-0.2, 0) is 0 Å². The van der Waals surface area contributed by atoms with Crippen molar-refractivity contribution in [3.8, 4) is 11.5 Å². The summed E-state index contributed by atoms with van der Waals surface area (Å²) in [6.45, 7) is 0. The van der Waals surface area contributed by atoms with E-state index in [4.69, 9.17) is 15.2 Å². The van der Waals surface area contributed by atoms with Gasteiger partial charge in [0.25, 0.3) is 5.69 Å². The fourth-order valence-corrected chi connectivity index (χ4v) is 1.86. The fourth-order valence-electron chi connectivity index (χ4n) is 1.86. The first-order valence-corrected chi connectivity index (χ1v) is 6.07. The first-order chi connectivity index (χ1) is 10.0. The van der Waals surface area contributed by atoms with Crippen molar-refractivity contribution in [1.82, 2.24) is 0 Å². The maximum absolute atomic E-state index is 10.8. The number of nitrogens with two attached hydrogens (primary N) is 1. The van der Waals surface area contributed by atoms with Crippen molar-refractivity contribution in [3.05, 3.63) is 46.5 Å². The van der Waals surface area contributed by atoms with E-state index in [1.165, 1.54) is 12.1 Å². The third kappa shape index (κ3) is 3.53. The van der Waals surface area contributed by atoms with Gasteiger partial charge in [-0.15, -0.1) is 0 Å². The van der Waals surface area contributed by atoms with Crippen molar-refractivity contribution in [2.24, 2.45) is 0 Å². The molecule has 2 rings (SSSR count). The highest BCUT2D eigenvalue weighted by molar-refractivity contribution is 5.69. The number of nitro benzene ring substituents is 1. The largest absolute Gasteiger partial charge is 0.497 e. The van der Waals surface area contributed by atoms with Crippen LogP contribution in [0.2, 0.25) is 0 Å². The van der Waals surface area contributed by atoms with Crippen molar-refractivity contribution < 1.29 is 14.4 Å². The third-order valence-electron chi connectivity index (χ3n) is 2.79. The number of nitrogens with zero attached hydrogens (tertiary/aromatic N) is 1. The molecule has 0 saturated carbocycles. The Bertz CT molecular complexity index is 651. The van der Waals surface area contributed by atoms with E-state index < -0.39 is 4.92 Å². The van der Waals surface area contributed by atoms with Gasteiger partial charge in [0.1, 0.15) is 11.5 Å². The lowest BCUT2D eigenvalue weighted by molar-refractivity contribution is -0.384. The summed E-state index contributed by atoms with van der Waals surface area (Å²) in [4.78, 5) is 10.3. The molecule has 0 aliphatic carbocycles. The number of rotatable bonds is 5. The summed E-state index contributed by atoms with van der Waals surface area (Å²) in [5.74, 6) is 1.21. The Labute approximate surface area is 121 Å². The number of hydrogen-bond acceptors (Lipinski definition) is 6. The molecule has 0 radical (unpaired) electrons. The zero-order valence-corrected chi connectivity index (χ0v) is 11.6. The summed E-state index contributed by atoms with van der Waals surface area (Å²) in [6, 6.07) is 9.54. The maximum Gasteiger partial charge on any atom is 0.273 e. The van der Waals surface area contributed by atoms with Crippen molar-refractivity contribution in [2.45, 2.75) is 0 Å². The first-order valence-electron chi connectivity index (χ1n) is 6.07. The van der Waals surface area contributed by atoms with Gasteiger partial charge in [0, 0.05) is 47.4 Å². The van der Waals surface area contributed by atoms with Crippen LogP contribution < -0.4 is 20.5 Å². The summed E-state index contributed by atoms with van der Waals surface area (Å²) in [6.07, 6.45) is 0. The minimum atomic E-state index is -0.492. The van der Waals surface area contributed by atoms with E-state index in [2.05, 4.69) is 5.32 Å². The van der Waals surface area contributed by atoms with Crippen molar-refractivity contribution in [2.75, 3.05) is 25.3 Å². The first kappa shape index (κ1) is 14.4. The van der Waals surface area contributed by atoms with Gasteiger partial charge in [-0.1, -0.05) is 0 Å². The highest BCUT2D eigenvalue weighted by atomic mass is 16.6. The smallest absolute Gasteiger partial charge is 0.273 e. The molecule has 0 atom stereocenters. The molecule has 7 heteroatoms. The second-order valence-corrected chi connectivity index (χ2v) is 4.30. The standard InChI is InChI=1S/C14H15N3O4/c1-20-13-6-11(7-14(8-13)21-2)16-10-3-9(15)4-12(5-10)17(18)19/h3-8,16H,15H2,1-2H3. The van der Waals surface area contributed by atoms with Crippen molar-refractivity contribution >= 4 is 22.7 Å². The van der Waals surface area contributed by atoms with Crippen molar-refractivity contribution in [1.29, 1.82) is 0 Å². The second-order valence-electron chi connectivity index (χ2n) is 4.30. The molecule has 21 heavy (non-hydrogen) atoms. The van der Waals surface area contributed by atoms with Crippen LogP contribution in [0.1, 0.15) is 0 Å². The highest BCUT2D eigenvalue weighted by Gasteiger charge is 2.09. The lowest BCUT2D eigenvalue weighted by Gasteiger charge is -2.11. The Morgan fingerprint density at radius 2 is 1.57 bits per heavy atom. The topological polar surface area (TPSA) is 99.7 Å². The lowest BCUT2D eigenvalue weighted by atomic mass is 10.2. The molecule has 110 valence electrons. The predicted octanol–water partition coefficient (Wildman–Crippen LogP) is 2.94. The molecule has 2 aromatic carbocycles. The van der Waals surface area contributed by atoms with E-state index >= 15 is 0 Å². The zero-order valence-electron chi connectivity index (χ0n) is 11.6. The molecule has 0 aliphatic heterocycles. The molecule has 0 aromatic heterocycles. The maximum atomic E-state index is 10.8. The normalized spacial score (nSPS) is 10.0. The fraction of sp³-hybridized carbons (Fsp3) is 0.143. The van der Waals surface area contributed by atoms with Gasteiger partial charge in [-0.25, -0.2) is 0 Å². The molecule has 0 bridgehead atoms. The van der Waals surface area contributed by atoms with Gasteiger partial charge in [0.05, 0.1) is 19.1 Å². The molecule has 0 spiro atoms. The van der Waals surface area contributed by atoms with Gasteiger partial charge in [0.15, 0.2) is 0 Å². The van der Waals surface area contributed by atoms with Crippen molar-refractivity contribution in [3.63, 3.8) is 0 Å². The van der Waals surface area contributed by atoms with E-state index in [0.717, 1.165) is 0 Å². The minimum Gasteiger partial charge on any atom is -0.497 e. The van der Waals surface area contributed by atoms with E-state index in [1.54, 1.807) is 38.5 Å². The summed E-state index contributed by atoms with van der Waals surface area (Å²) in [5, 5.41) is 13.9. The molecular weight excluding hydrogens is 274 g/mol. The molecule has 7 nitrogen and oxygen atoms in total. The lowest BCUT2D eigenvalue weighted by Crippen LogP contribution is -1.97. The van der Waals surface area contributed by atoms with E-state index in [1.807, 2.05) is 0 Å². The van der Waals surface area contributed by atoms with Crippen LogP contribution in [0.25, 0.3) is 0 Å². The van der Waals surface area contributed by atoms with Gasteiger partial charge in [-0.2, -0.15) is 0 Å². The molecular formula is C14H15N3O4. The van der Waals surface area contributed by atoms with Crippen LogP contribution in [0.4, 0.5) is 22.7 Å². The van der Waals surface area contributed by atoms with Crippen LogP contribution in [0.5, 0.6) is 11.5 Å². The Morgan fingerprint density at radius 3 is 2.10 bits per heavy atom. The van der Waals surface area contributed by atoms with Gasteiger partial charge in [-0.05, 0) is 6.07 Å². The van der Waals surface area contributed by atoms with Crippen LogP contribution in [0, 0.1) is 10.1 Å². The number of nitro groups is 1. The SMILES string of the molecule is COc1cc(Nc2cc(N)cc([N+](=O)[O-])c2)cc(OC)c1. The Balaban J connectivity index is 2.35. The monoisotopic (exact) mass is 289 g/mol. The minimum absolute atomic E-state index is 0.0765. The summed E-state index contributed by atoms with van der Waals surface area (Å²) in [5.41, 5.74) is 7.08. The molecule has 3 N–H and O–H groups in total. The van der Waals surface area contributed by atoms with E-state index in [0.29, 0.717) is 28.6 Å². The average Bonchev–Trinajstić information content (AvgIpc) is 2.46. The molecule has 0 heterocycles. The Morgan fingerprint density at radius 1 is 1.00 bits per heavy atom. The number of anilines is 3. The van der Waals surface area contributed by atoms with Gasteiger partial charge >= 0.3 is 0 Å². The molecule has 0 saturated heterocycles. The van der Waals surface area contributed by atoms with Gasteiger partial charge in [0.2, 0.25) is 0 Å². The number of nitrogen functional groups attached to an aromatic ring is 1. The molecule has 0 unspecified atom stereocenters. The van der Waals surface area contributed by atoms with Gasteiger partial charge in [-0.3, -0.25) is 10.1 Å². The third-order valence-corrected chi connectivity index (χ3v) is 2.79. The van der Waals surface area contributed by atoms with Crippen LogP contribution in [-0.4, -0.2) is 19.1 Å². The molecule has 0 amide bonds. The number of benzene rings is 2. The molecule has 0 fully saturated rings. The predicted molar refractivity (Wildman–Crippen MR) is 80.3 cm³/mol. The van der Waals surface area contributed by atoms with Crippen LogP contribution >= 0.6 is 0 Å². The second kappa shape index (κ2) is 6.00. The quantitative estimate of drug-likeness (QED) is 0.498.